The summed E-state index contributed by atoms with van der Waals surface area (Å²) in [5.74, 6) is 2.42. The van der Waals surface area contributed by atoms with Crippen molar-refractivity contribution in [2.45, 2.75) is 26.4 Å². The van der Waals surface area contributed by atoms with Gasteiger partial charge in [-0.3, -0.25) is 4.79 Å². The van der Waals surface area contributed by atoms with E-state index in [2.05, 4.69) is 33.9 Å². The van der Waals surface area contributed by atoms with Gasteiger partial charge in [-0.2, -0.15) is 0 Å². The van der Waals surface area contributed by atoms with Gasteiger partial charge in [-0.25, -0.2) is 4.99 Å². The lowest BCUT2D eigenvalue weighted by molar-refractivity contribution is -0.120. The van der Waals surface area contributed by atoms with Crippen LogP contribution in [0.1, 0.15) is 23.3 Å². The molecular weight excluding hydrogens is 420 g/mol. The van der Waals surface area contributed by atoms with E-state index in [-0.39, 0.29) is 12.5 Å². The number of carbonyl (C=O) groups is 1. The number of nitrogens with zero attached hydrogens (tertiary/aromatic N) is 1. The Morgan fingerprint density at radius 3 is 2.67 bits per heavy atom. The Labute approximate surface area is 193 Å². The number of furan rings is 1. The number of ether oxygens (including phenoxy) is 2. The molecule has 0 atom stereocenters. The van der Waals surface area contributed by atoms with E-state index in [1.54, 1.807) is 12.3 Å². The van der Waals surface area contributed by atoms with Crippen molar-refractivity contribution in [3.05, 3.63) is 77.7 Å². The Hall–Kier alpha value is -3.94. The van der Waals surface area contributed by atoms with Crippen LogP contribution in [0, 0.1) is 6.92 Å². The third-order valence-corrected chi connectivity index (χ3v) is 5.14. The Bertz CT molecular complexity index is 1100. The zero-order chi connectivity index (χ0) is 22.9. The average molecular weight is 449 g/mol. The predicted molar refractivity (Wildman–Crippen MR) is 127 cm³/mol. The number of carbonyl (C=O) groups excluding carboxylic acids is 1. The summed E-state index contributed by atoms with van der Waals surface area (Å²) in [5, 5.41) is 9.19. The number of benzene rings is 2. The summed E-state index contributed by atoms with van der Waals surface area (Å²) < 4.78 is 16.7. The van der Waals surface area contributed by atoms with E-state index < -0.39 is 0 Å². The first-order valence-electron chi connectivity index (χ1n) is 11.0. The highest BCUT2D eigenvalue weighted by Gasteiger charge is 2.12. The van der Waals surface area contributed by atoms with E-state index in [0.29, 0.717) is 43.8 Å². The second kappa shape index (κ2) is 11.1. The van der Waals surface area contributed by atoms with Crippen molar-refractivity contribution in [3.63, 3.8) is 0 Å². The van der Waals surface area contributed by atoms with E-state index in [4.69, 9.17) is 13.9 Å². The van der Waals surface area contributed by atoms with Gasteiger partial charge in [-0.05, 0) is 42.3 Å². The molecule has 0 saturated heterocycles. The van der Waals surface area contributed by atoms with Crippen molar-refractivity contribution >= 4 is 17.6 Å². The highest BCUT2D eigenvalue weighted by atomic mass is 16.5. The van der Waals surface area contributed by atoms with Crippen molar-refractivity contribution in [1.29, 1.82) is 0 Å². The highest BCUT2D eigenvalue weighted by molar-refractivity contribution is 5.96. The van der Waals surface area contributed by atoms with Gasteiger partial charge < -0.3 is 29.8 Å². The van der Waals surface area contributed by atoms with Gasteiger partial charge in [-0.1, -0.05) is 24.3 Å². The number of guanidine groups is 1. The van der Waals surface area contributed by atoms with Crippen LogP contribution in [0.3, 0.4) is 0 Å². The summed E-state index contributed by atoms with van der Waals surface area (Å²) in [4.78, 5) is 17.0. The number of rotatable bonds is 7. The third-order valence-electron chi connectivity index (χ3n) is 5.14. The molecule has 33 heavy (non-hydrogen) atoms. The molecule has 0 fully saturated rings. The SMILES string of the molecule is Cc1ccccc1CN=C(NCC(=O)NCc1ccco1)Nc1ccc2c(c1)OCCCO2. The van der Waals surface area contributed by atoms with E-state index in [0.717, 1.165) is 29.0 Å². The quantitative estimate of drug-likeness (QED) is 0.377. The Morgan fingerprint density at radius 2 is 1.85 bits per heavy atom. The molecule has 1 aliphatic rings. The summed E-state index contributed by atoms with van der Waals surface area (Å²) in [5.41, 5.74) is 3.05. The van der Waals surface area contributed by atoms with Gasteiger partial charge in [0.1, 0.15) is 5.76 Å². The van der Waals surface area contributed by atoms with Crippen LogP contribution in [0.15, 0.2) is 70.3 Å². The van der Waals surface area contributed by atoms with Crippen LogP contribution in [-0.2, 0) is 17.9 Å². The molecule has 8 heteroatoms. The first-order valence-corrected chi connectivity index (χ1v) is 11.0. The largest absolute Gasteiger partial charge is 0.490 e. The van der Waals surface area contributed by atoms with E-state index in [9.17, 15) is 4.79 Å². The topological polar surface area (TPSA) is 97.1 Å². The zero-order valence-corrected chi connectivity index (χ0v) is 18.6. The van der Waals surface area contributed by atoms with Gasteiger partial charge in [0.25, 0.3) is 0 Å². The smallest absolute Gasteiger partial charge is 0.239 e. The monoisotopic (exact) mass is 448 g/mol. The maximum Gasteiger partial charge on any atom is 0.239 e. The van der Waals surface area contributed by atoms with Crippen molar-refractivity contribution in [2.75, 3.05) is 25.1 Å². The minimum absolute atomic E-state index is 0.0604. The number of aliphatic imine (C=N–C) groups is 1. The summed E-state index contributed by atoms with van der Waals surface area (Å²) >= 11 is 0. The van der Waals surface area contributed by atoms with E-state index in [1.165, 1.54) is 0 Å². The molecule has 8 nitrogen and oxygen atoms in total. The van der Waals surface area contributed by atoms with Crippen LogP contribution < -0.4 is 25.4 Å². The van der Waals surface area contributed by atoms with Crippen molar-refractivity contribution in [2.24, 2.45) is 4.99 Å². The fraction of sp³-hybridized carbons (Fsp3) is 0.280. The fourth-order valence-corrected chi connectivity index (χ4v) is 3.29. The molecular formula is C25H28N4O4. The van der Waals surface area contributed by atoms with Crippen molar-refractivity contribution in [1.82, 2.24) is 10.6 Å². The molecule has 3 N–H and O–H groups in total. The zero-order valence-electron chi connectivity index (χ0n) is 18.6. The van der Waals surface area contributed by atoms with Gasteiger partial charge in [0.2, 0.25) is 5.91 Å². The van der Waals surface area contributed by atoms with Gasteiger partial charge in [0.15, 0.2) is 17.5 Å². The maximum absolute atomic E-state index is 12.3. The Morgan fingerprint density at radius 1 is 1.00 bits per heavy atom. The number of hydrogen-bond donors (Lipinski definition) is 3. The first-order chi connectivity index (χ1) is 16.2. The molecule has 2 aromatic carbocycles. The maximum atomic E-state index is 12.3. The molecule has 2 heterocycles. The number of anilines is 1. The molecule has 3 aromatic rings. The lowest BCUT2D eigenvalue weighted by Crippen LogP contribution is -2.39. The van der Waals surface area contributed by atoms with Crippen LogP contribution in [0.5, 0.6) is 11.5 Å². The van der Waals surface area contributed by atoms with Crippen LogP contribution in [0.2, 0.25) is 0 Å². The molecule has 4 rings (SSSR count). The minimum Gasteiger partial charge on any atom is -0.490 e. The highest BCUT2D eigenvalue weighted by Crippen LogP contribution is 2.32. The molecule has 0 unspecified atom stereocenters. The Balaban J connectivity index is 1.43. The van der Waals surface area contributed by atoms with Crippen molar-refractivity contribution < 1.29 is 18.7 Å². The lowest BCUT2D eigenvalue weighted by Gasteiger charge is -2.15. The normalized spacial score (nSPS) is 13.2. The van der Waals surface area contributed by atoms with Crippen LogP contribution in [0.4, 0.5) is 5.69 Å². The molecule has 1 amide bonds. The number of aryl methyl sites for hydroxylation is 1. The molecule has 1 aliphatic heterocycles. The standard InChI is InChI=1S/C25H28N4O4/c1-18-6-2-3-7-19(18)15-27-25(28-17-24(30)26-16-21-8-4-11-31-21)29-20-9-10-22-23(14-20)33-13-5-12-32-22/h2-4,6-11,14H,5,12-13,15-17H2,1H3,(H,26,30)(H2,27,28,29). The van der Waals surface area contributed by atoms with Gasteiger partial charge in [-0.15, -0.1) is 0 Å². The van der Waals surface area contributed by atoms with Crippen LogP contribution in [0.25, 0.3) is 0 Å². The molecule has 0 aliphatic carbocycles. The molecule has 0 spiro atoms. The summed E-state index contributed by atoms with van der Waals surface area (Å²) in [6.45, 7) is 4.16. The number of fused-ring (bicyclic) bond motifs is 1. The number of amides is 1. The lowest BCUT2D eigenvalue weighted by atomic mass is 10.1. The summed E-state index contributed by atoms with van der Waals surface area (Å²) in [6.07, 6.45) is 2.42. The molecule has 172 valence electrons. The van der Waals surface area contributed by atoms with E-state index in [1.807, 2.05) is 42.5 Å². The average Bonchev–Trinajstić information content (AvgIpc) is 3.24. The molecule has 0 saturated carbocycles. The number of nitrogens with one attached hydrogen (secondary N) is 3. The second-order valence-corrected chi connectivity index (χ2v) is 7.64. The Kier molecular flexibility index (Phi) is 7.48. The summed E-state index contributed by atoms with van der Waals surface area (Å²) in [6, 6.07) is 17.3. The molecule has 0 bridgehead atoms. The molecule has 0 radical (unpaired) electrons. The van der Waals surface area contributed by atoms with Gasteiger partial charge in [0.05, 0.1) is 39.1 Å². The fourth-order valence-electron chi connectivity index (χ4n) is 3.29. The van der Waals surface area contributed by atoms with E-state index >= 15 is 0 Å². The molecule has 1 aromatic heterocycles. The van der Waals surface area contributed by atoms with Crippen LogP contribution in [-0.4, -0.2) is 31.6 Å². The first kappa shape index (κ1) is 22.3. The minimum atomic E-state index is -0.171. The van der Waals surface area contributed by atoms with Gasteiger partial charge >= 0.3 is 0 Å². The predicted octanol–water partition coefficient (Wildman–Crippen LogP) is 3.62. The van der Waals surface area contributed by atoms with Crippen LogP contribution >= 0.6 is 0 Å². The van der Waals surface area contributed by atoms with Gasteiger partial charge in [0, 0.05) is 18.2 Å². The number of hydrogen-bond acceptors (Lipinski definition) is 5. The summed E-state index contributed by atoms with van der Waals surface area (Å²) in [7, 11) is 0. The second-order valence-electron chi connectivity index (χ2n) is 7.64. The third kappa shape index (κ3) is 6.52. The van der Waals surface area contributed by atoms with Crippen molar-refractivity contribution in [3.8, 4) is 11.5 Å².